The summed E-state index contributed by atoms with van der Waals surface area (Å²) in [6, 6.07) is 3.50. The van der Waals surface area contributed by atoms with E-state index in [2.05, 4.69) is 16.6 Å². The van der Waals surface area contributed by atoms with Crippen molar-refractivity contribution in [2.24, 2.45) is 10.8 Å². The van der Waals surface area contributed by atoms with E-state index in [4.69, 9.17) is 5.73 Å². The van der Waals surface area contributed by atoms with E-state index < -0.39 is 17.6 Å². The Labute approximate surface area is 115 Å². The van der Waals surface area contributed by atoms with Crippen LogP contribution in [0.15, 0.2) is 35.2 Å². The molecule has 0 unspecified atom stereocenters. The predicted molar refractivity (Wildman–Crippen MR) is 70.4 cm³/mol. The average Bonchev–Trinajstić information content (AvgIpc) is 2.41. The Morgan fingerprint density at radius 3 is 2.60 bits per heavy atom. The smallest absolute Gasteiger partial charge is 0.355 e. The van der Waals surface area contributed by atoms with Crippen LogP contribution in [0.5, 0.6) is 0 Å². The summed E-state index contributed by atoms with van der Waals surface area (Å²) in [4.78, 5) is 11.3. The van der Waals surface area contributed by atoms with E-state index in [1.165, 1.54) is 6.07 Å². The molecular weight excluding hydrogens is 268 g/mol. The molecule has 0 aliphatic rings. The van der Waals surface area contributed by atoms with Crippen LogP contribution in [0.1, 0.15) is 12.5 Å². The molecular formula is C13H15F2N3O2. The van der Waals surface area contributed by atoms with Crippen LogP contribution in [0.25, 0.3) is 0 Å². The highest BCUT2D eigenvalue weighted by atomic mass is 19.1. The third kappa shape index (κ3) is 4.04. The van der Waals surface area contributed by atoms with Gasteiger partial charge in [-0.1, -0.05) is 6.07 Å². The Morgan fingerprint density at radius 1 is 1.50 bits per heavy atom. The monoisotopic (exact) mass is 283 g/mol. The summed E-state index contributed by atoms with van der Waals surface area (Å²) >= 11 is 0. The summed E-state index contributed by atoms with van der Waals surface area (Å²) in [5.41, 5.74) is 5.04. The summed E-state index contributed by atoms with van der Waals surface area (Å²) in [5.74, 6) is -2.18. The Kier molecular flexibility index (Phi) is 5.64. The molecule has 1 aromatic rings. The molecule has 2 N–H and O–H groups in total. The molecule has 1 rings (SSSR count). The van der Waals surface area contributed by atoms with Gasteiger partial charge in [-0.05, 0) is 19.1 Å². The Morgan fingerprint density at radius 2 is 2.10 bits per heavy atom. The fourth-order valence-corrected chi connectivity index (χ4v) is 1.41. The summed E-state index contributed by atoms with van der Waals surface area (Å²) in [6.45, 7) is 4.80. The largest absolute Gasteiger partial charge is 0.461 e. The lowest BCUT2D eigenvalue weighted by molar-refractivity contribution is -0.138. The Bertz CT molecular complexity index is 512. The second kappa shape index (κ2) is 7.22. The van der Waals surface area contributed by atoms with E-state index in [9.17, 15) is 13.6 Å². The highest BCUT2D eigenvalue weighted by Crippen LogP contribution is 2.15. The van der Waals surface area contributed by atoms with Crippen LogP contribution in [-0.4, -0.2) is 24.3 Å². The number of ether oxygens (including phenoxy) is 1. The molecule has 1 aromatic carbocycles. The van der Waals surface area contributed by atoms with E-state index in [1.54, 1.807) is 6.92 Å². The highest BCUT2D eigenvalue weighted by molar-refractivity contribution is 5.87. The van der Waals surface area contributed by atoms with Crippen LogP contribution in [0.3, 0.4) is 0 Å². The lowest BCUT2D eigenvalue weighted by Gasteiger charge is -2.15. The molecule has 0 saturated heterocycles. The Balaban J connectivity index is 2.90. The van der Waals surface area contributed by atoms with Gasteiger partial charge in [0.25, 0.3) is 0 Å². The van der Waals surface area contributed by atoms with E-state index in [1.807, 2.05) is 0 Å². The number of carbonyl (C=O) groups excluding carboxylic acids is 1. The van der Waals surface area contributed by atoms with Crippen molar-refractivity contribution in [1.82, 2.24) is 5.01 Å². The van der Waals surface area contributed by atoms with Gasteiger partial charge in [-0.2, -0.15) is 5.10 Å². The average molecular weight is 283 g/mol. The minimum Gasteiger partial charge on any atom is -0.461 e. The molecule has 0 radical (unpaired) electrons. The number of hydrazone groups is 1. The van der Waals surface area contributed by atoms with Gasteiger partial charge in [0.15, 0.2) is 0 Å². The van der Waals surface area contributed by atoms with Crippen LogP contribution < -0.4 is 5.73 Å². The minimum atomic E-state index is -0.741. The maximum atomic E-state index is 13.5. The molecule has 0 aliphatic carbocycles. The van der Waals surface area contributed by atoms with Gasteiger partial charge in [0.05, 0.1) is 19.4 Å². The van der Waals surface area contributed by atoms with Gasteiger partial charge in [0.2, 0.25) is 0 Å². The molecule has 0 aliphatic heterocycles. The molecule has 20 heavy (non-hydrogen) atoms. The number of benzene rings is 1. The van der Waals surface area contributed by atoms with E-state index in [-0.39, 0.29) is 24.4 Å². The number of hydrogen-bond donors (Lipinski definition) is 1. The van der Waals surface area contributed by atoms with Gasteiger partial charge in [0, 0.05) is 12.3 Å². The first-order chi connectivity index (χ1) is 9.49. The van der Waals surface area contributed by atoms with Crippen LogP contribution in [0.2, 0.25) is 0 Å². The second-order valence-corrected chi connectivity index (χ2v) is 3.74. The normalized spacial score (nSPS) is 11.1. The zero-order valence-electron chi connectivity index (χ0n) is 11.0. The lowest BCUT2D eigenvalue weighted by atomic mass is 10.2. The van der Waals surface area contributed by atoms with Gasteiger partial charge in [-0.3, -0.25) is 5.01 Å². The molecule has 0 fully saturated rings. The summed E-state index contributed by atoms with van der Waals surface area (Å²) < 4.78 is 31.7. The fourth-order valence-electron chi connectivity index (χ4n) is 1.41. The molecule has 0 spiro atoms. The molecule has 5 nitrogen and oxygen atoms in total. The standard InChI is InChI=1S/C13H15F2N3O2/c1-3-20-13(19)12(16)8-18(17-2)7-9-10(14)5-4-6-11(9)15/h4-6,8H,2-3,7,16H2,1H3/b12-8-. The Hall–Kier alpha value is -2.44. The number of hydrogen-bond acceptors (Lipinski definition) is 5. The number of esters is 1. The number of rotatable bonds is 6. The van der Waals surface area contributed by atoms with Crippen molar-refractivity contribution >= 4 is 12.7 Å². The van der Waals surface area contributed by atoms with E-state index >= 15 is 0 Å². The SMILES string of the molecule is C=NN(/C=C(\N)C(=O)OCC)Cc1c(F)cccc1F. The van der Waals surface area contributed by atoms with Crippen molar-refractivity contribution in [1.29, 1.82) is 0 Å². The lowest BCUT2D eigenvalue weighted by Crippen LogP contribution is -2.20. The number of nitrogens with zero attached hydrogens (tertiary/aromatic N) is 2. The summed E-state index contributed by atoms with van der Waals surface area (Å²) in [7, 11) is 0. The van der Waals surface area contributed by atoms with Gasteiger partial charge < -0.3 is 10.5 Å². The van der Waals surface area contributed by atoms with Crippen molar-refractivity contribution in [3.8, 4) is 0 Å². The van der Waals surface area contributed by atoms with Gasteiger partial charge in [-0.15, -0.1) is 0 Å². The van der Waals surface area contributed by atoms with Crippen molar-refractivity contribution in [3.05, 3.63) is 47.3 Å². The number of carbonyl (C=O) groups is 1. The summed E-state index contributed by atoms with van der Waals surface area (Å²) in [5, 5.41) is 4.58. The molecule has 0 heterocycles. The third-order valence-electron chi connectivity index (χ3n) is 2.36. The first-order valence-electron chi connectivity index (χ1n) is 5.80. The first kappa shape index (κ1) is 15.6. The van der Waals surface area contributed by atoms with Crippen molar-refractivity contribution in [2.45, 2.75) is 13.5 Å². The van der Waals surface area contributed by atoms with Crippen LogP contribution in [0, 0.1) is 11.6 Å². The van der Waals surface area contributed by atoms with Gasteiger partial charge >= 0.3 is 5.97 Å². The maximum Gasteiger partial charge on any atom is 0.355 e. The fraction of sp³-hybridized carbons (Fsp3) is 0.231. The van der Waals surface area contributed by atoms with Crippen molar-refractivity contribution < 1.29 is 18.3 Å². The van der Waals surface area contributed by atoms with E-state index in [0.29, 0.717) is 0 Å². The predicted octanol–water partition coefficient (Wildman–Crippen LogP) is 1.75. The molecule has 0 bridgehead atoms. The number of halogens is 2. The maximum absolute atomic E-state index is 13.5. The zero-order valence-corrected chi connectivity index (χ0v) is 11.0. The van der Waals surface area contributed by atoms with Crippen LogP contribution in [0.4, 0.5) is 8.78 Å². The third-order valence-corrected chi connectivity index (χ3v) is 2.36. The zero-order chi connectivity index (χ0) is 15.1. The van der Waals surface area contributed by atoms with Gasteiger partial charge in [-0.25, -0.2) is 13.6 Å². The van der Waals surface area contributed by atoms with Gasteiger partial charge in [0.1, 0.15) is 17.3 Å². The van der Waals surface area contributed by atoms with Crippen molar-refractivity contribution in [2.75, 3.05) is 6.61 Å². The van der Waals surface area contributed by atoms with Crippen LogP contribution in [-0.2, 0) is 16.1 Å². The second-order valence-electron chi connectivity index (χ2n) is 3.74. The highest BCUT2D eigenvalue weighted by Gasteiger charge is 2.13. The topological polar surface area (TPSA) is 67.9 Å². The first-order valence-corrected chi connectivity index (χ1v) is 5.80. The van der Waals surface area contributed by atoms with E-state index in [0.717, 1.165) is 23.3 Å². The summed E-state index contributed by atoms with van der Waals surface area (Å²) in [6.07, 6.45) is 1.11. The minimum absolute atomic E-state index is 0.164. The molecule has 108 valence electrons. The quantitative estimate of drug-likeness (QED) is 0.374. The van der Waals surface area contributed by atoms with Crippen molar-refractivity contribution in [3.63, 3.8) is 0 Å². The molecule has 0 atom stereocenters. The molecule has 0 amide bonds. The number of nitrogens with two attached hydrogens (primary N) is 1. The van der Waals surface area contributed by atoms with Crippen LogP contribution >= 0.6 is 0 Å². The molecule has 0 aromatic heterocycles. The molecule has 7 heteroatoms. The molecule has 0 saturated carbocycles.